The average Bonchev–Trinajstić information content (AvgIpc) is 2.78. The Morgan fingerprint density at radius 1 is 1.00 bits per heavy atom. The van der Waals surface area contributed by atoms with Gasteiger partial charge in [0.2, 0.25) is 0 Å². The number of rotatable bonds is 11. The molecule has 1 unspecified atom stereocenters. The Bertz CT molecular complexity index is 815. The maximum atomic E-state index is 10.5. The molecule has 0 spiro atoms. The van der Waals surface area contributed by atoms with Gasteiger partial charge in [0.25, 0.3) is 0 Å². The van der Waals surface area contributed by atoms with E-state index >= 15 is 0 Å². The Hall–Kier alpha value is -2.25. The number of nitrogens with one attached hydrogen (secondary N) is 1. The third-order valence-corrected chi connectivity index (χ3v) is 5.99. The minimum absolute atomic E-state index is 0.317. The largest absolute Gasteiger partial charge is 0.481 e. The highest BCUT2D eigenvalue weighted by atomic mass is 32.2. The van der Waals surface area contributed by atoms with E-state index in [-0.39, 0.29) is 0 Å². The molecule has 0 amide bonds. The van der Waals surface area contributed by atoms with E-state index in [0.717, 1.165) is 44.5 Å². The second-order valence-corrected chi connectivity index (χ2v) is 8.89. The second-order valence-electron chi connectivity index (χ2n) is 7.82. The van der Waals surface area contributed by atoms with Crippen LogP contribution >= 0.6 is 0 Å². The van der Waals surface area contributed by atoms with Gasteiger partial charge in [-0.2, -0.15) is 0 Å². The first-order valence-electron chi connectivity index (χ1n) is 11.2. The number of pyridine rings is 1. The summed E-state index contributed by atoms with van der Waals surface area (Å²) in [7, 11) is -1.33. The molecule has 170 valence electrons. The zero-order chi connectivity index (χ0) is 22.3. The van der Waals surface area contributed by atoms with Crippen molar-refractivity contribution in [2.45, 2.75) is 75.5 Å². The van der Waals surface area contributed by atoms with Gasteiger partial charge in [0.1, 0.15) is 16.8 Å². The summed E-state index contributed by atoms with van der Waals surface area (Å²) in [5, 5.41) is 17.0. The molecule has 6 nitrogen and oxygen atoms in total. The summed E-state index contributed by atoms with van der Waals surface area (Å²) in [6.07, 6.45) is 11.7. The van der Waals surface area contributed by atoms with Crippen LogP contribution in [0.15, 0.2) is 47.4 Å². The molecular weight excluding hydrogens is 410 g/mol. The van der Waals surface area contributed by atoms with Gasteiger partial charge in [-0.3, -0.25) is 4.79 Å². The molecule has 0 aliphatic carbocycles. The maximum absolute atomic E-state index is 10.5. The highest BCUT2D eigenvalue weighted by molar-refractivity contribution is 7.82. The van der Waals surface area contributed by atoms with Gasteiger partial charge in [0.05, 0.1) is 4.90 Å². The number of aliphatic carboxylic acids is 1. The number of anilines is 1. The molecule has 31 heavy (non-hydrogen) atoms. The maximum Gasteiger partial charge on any atom is 0.303 e. The third-order valence-electron chi connectivity index (χ3n) is 5.25. The molecule has 0 fully saturated rings. The molecule has 0 radical (unpaired) electrons. The number of aryl methyl sites for hydroxylation is 2. The highest BCUT2D eigenvalue weighted by Gasteiger charge is 2.09. The number of hydrogen-bond acceptors (Lipinski definition) is 4. The molecule has 7 heteroatoms. The Labute approximate surface area is 188 Å². The molecule has 1 aromatic heterocycles. The molecule has 3 rings (SSSR count). The second kappa shape index (κ2) is 14.7. The quantitative estimate of drug-likeness (QED) is 0.429. The first kappa shape index (κ1) is 25.0. The summed E-state index contributed by atoms with van der Waals surface area (Å²) in [5.41, 5.74) is 2.56. The summed E-state index contributed by atoms with van der Waals surface area (Å²) in [5.74, 6) is 0.425. The summed E-state index contributed by atoms with van der Waals surface area (Å²) < 4.78 is 10.5. The summed E-state index contributed by atoms with van der Waals surface area (Å²) in [6, 6.07) is 13.3. The van der Waals surface area contributed by atoms with Crippen molar-refractivity contribution < 1.29 is 14.1 Å². The lowest BCUT2D eigenvalue weighted by Crippen LogP contribution is -2.13. The molecule has 0 bridgehead atoms. The van der Waals surface area contributed by atoms with Gasteiger partial charge in [0, 0.05) is 18.7 Å². The fourth-order valence-electron chi connectivity index (χ4n) is 3.53. The van der Waals surface area contributed by atoms with Crippen molar-refractivity contribution in [2.24, 2.45) is 5.14 Å². The van der Waals surface area contributed by atoms with Crippen molar-refractivity contribution in [1.82, 2.24) is 4.98 Å². The van der Waals surface area contributed by atoms with E-state index in [9.17, 15) is 9.00 Å². The van der Waals surface area contributed by atoms with Gasteiger partial charge >= 0.3 is 5.97 Å². The molecule has 2 heterocycles. The average molecular weight is 446 g/mol. The Morgan fingerprint density at radius 3 is 2.32 bits per heavy atom. The monoisotopic (exact) mass is 445 g/mol. The van der Waals surface area contributed by atoms with Crippen molar-refractivity contribution in [3.05, 3.63) is 53.7 Å². The molecule has 1 aromatic carbocycles. The van der Waals surface area contributed by atoms with E-state index in [1.807, 2.05) is 6.07 Å². The number of carboxylic acids is 1. The standard InChI is InChI=1S/C18H28N2O2.C6H7NOS/c21-17(22)11-7-5-3-1-2-4-6-10-16-13-12-15-9-8-14-19-18(15)20-16;7-9(8)6-4-2-1-3-5-6/h12-13H,1-11,14H2,(H,19,20)(H,21,22);1-5H,7H2. The summed E-state index contributed by atoms with van der Waals surface area (Å²) >= 11 is 0. The molecule has 1 atom stereocenters. The molecule has 1 aliphatic heterocycles. The van der Waals surface area contributed by atoms with Crippen LogP contribution in [-0.2, 0) is 28.6 Å². The van der Waals surface area contributed by atoms with E-state index in [0.29, 0.717) is 11.3 Å². The lowest BCUT2D eigenvalue weighted by atomic mass is 10.0. The van der Waals surface area contributed by atoms with Crippen LogP contribution in [0.5, 0.6) is 0 Å². The Morgan fingerprint density at radius 2 is 1.68 bits per heavy atom. The molecule has 2 aromatic rings. The van der Waals surface area contributed by atoms with E-state index in [4.69, 9.17) is 15.2 Å². The van der Waals surface area contributed by atoms with Crippen LogP contribution in [0.1, 0.15) is 69.0 Å². The number of nitrogens with zero attached hydrogens (tertiary/aromatic N) is 1. The Balaban J connectivity index is 0.000000316. The highest BCUT2D eigenvalue weighted by Crippen LogP contribution is 2.20. The molecule has 0 saturated carbocycles. The van der Waals surface area contributed by atoms with Gasteiger partial charge in [-0.1, -0.05) is 56.4 Å². The first-order valence-corrected chi connectivity index (χ1v) is 12.4. The number of carbonyl (C=O) groups is 1. The molecular formula is C24H35N3O3S. The van der Waals surface area contributed by atoms with Gasteiger partial charge in [-0.05, 0) is 55.9 Å². The van der Waals surface area contributed by atoms with Crippen LogP contribution in [0.25, 0.3) is 0 Å². The fourth-order valence-corrected chi connectivity index (χ4v) is 3.95. The number of nitrogens with two attached hydrogens (primary N) is 1. The zero-order valence-corrected chi connectivity index (χ0v) is 19.0. The minimum Gasteiger partial charge on any atom is -0.481 e. The lowest BCUT2D eigenvalue weighted by Gasteiger charge is -2.17. The number of unbranched alkanes of at least 4 members (excludes halogenated alkanes) is 6. The van der Waals surface area contributed by atoms with Crippen molar-refractivity contribution >= 4 is 22.8 Å². The van der Waals surface area contributed by atoms with Crippen LogP contribution in [0.2, 0.25) is 0 Å². The zero-order valence-electron chi connectivity index (χ0n) is 18.2. The van der Waals surface area contributed by atoms with Crippen LogP contribution in [-0.4, -0.2) is 26.8 Å². The van der Waals surface area contributed by atoms with E-state index in [1.54, 1.807) is 24.3 Å². The molecule has 4 N–H and O–H groups in total. The fraction of sp³-hybridized carbons (Fsp3) is 0.500. The number of fused-ring (bicyclic) bond motifs is 1. The topological polar surface area (TPSA) is 105 Å². The number of aromatic nitrogens is 1. The van der Waals surface area contributed by atoms with Crippen molar-refractivity contribution in [3.63, 3.8) is 0 Å². The van der Waals surface area contributed by atoms with Crippen LogP contribution in [0.3, 0.4) is 0 Å². The van der Waals surface area contributed by atoms with Gasteiger partial charge < -0.3 is 10.4 Å². The first-order chi connectivity index (χ1) is 15.1. The van der Waals surface area contributed by atoms with Crippen molar-refractivity contribution in [1.29, 1.82) is 0 Å². The normalized spacial score (nSPS) is 13.3. The number of carboxylic acid groups (broad SMARTS) is 1. The van der Waals surface area contributed by atoms with Gasteiger partial charge in [-0.15, -0.1) is 0 Å². The van der Waals surface area contributed by atoms with Gasteiger partial charge in [-0.25, -0.2) is 14.3 Å². The van der Waals surface area contributed by atoms with Crippen molar-refractivity contribution in [3.8, 4) is 0 Å². The SMILES string of the molecule is NS(=O)c1ccccc1.O=C(O)CCCCCCCCCc1ccc2c(n1)NCCC2. The van der Waals surface area contributed by atoms with Crippen molar-refractivity contribution in [2.75, 3.05) is 11.9 Å². The summed E-state index contributed by atoms with van der Waals surface area (Å²) in [6.45, 7) is 1.05. The smallest absolute Gasteiger partial charge is 0.303 e. The van der Waals surface area contributed by atoms with Crippen LogP contribution < -0.4 is 10.5 Å². The minimum atomic E-state index is -1.33. The lowest BCUT2D eigenvalue weighted by molar-refractivity contribution is -0.137. The predicted octanol–water partition coefficient (Wildman–Crippen LogP) is 4.86. The van der Waals surface area contributed by atoms with E-state index in [1.165, 1.54) is 43.4 Å². The number of benzene rings is 1. The van der Waals surface area contributed by atoms with E-state index in [2.05, 4.69) is 17.4 Å². The van der Waals surface area contributed by atoms with Gasteiger partial charge in [0.15, 0.2) is 0 Å². The molecule has 0 saturated heterocycles. The number of hydrogen-bond donors (Lipinski definition) is 3. The summed E-state index contributed by atoms with van der Waals surface area (Å²) in [4.78, 5) is 15.8. The molecule has 1 aliphatic rings. The van der Waals surface area contributed by atoms with Crippen LogP contribution in [0, 0.1) is 0 Å². The van der Waals surface area contributed by atoms with E-state index < -0.39 is 17.0 Å². The predicted molar refractivity (Wildman–Crippen MR) is 126 cm³/mol. The van der Waals surface area contributed by atoms with Crippen LogP contribution in [0.4, 0.5) is 5.82 Å². The Kier molecular flexibility index (Phi) is 11.9. The third kappa shape index (κ3) is 10.6.